The molecule has 1 aromatic heterocycles. The number of thiophene rings is 1. The number of ether oxygens (including phenoxy) is 1. The average Bonchev–Trinajstić information content (AvgIpc) is 2.82. The van der Waals surface area contributed by atoms with Crippen molar-refractivity contribution < 1.29 is 9.53 Å². The van der Waals surface area contributed by atoms with E-state index in [1.54, 1.807) is 6.92 Å². The number of alkyl halides is 3. The zero-order valence-corrected chi connectivity index (χ0v) is 18.1. The third kappa shape index (κ3) is 4.25. The minimum atomic E-state index is -1.42. The van der Waals surface area contributed by atoms with Gasteiger partial charge in [0.25, 0.3) is 0 Å². The quantitative estimate of drug-likeness (QED) is 0.361. The zero-order chi connectivity index (χ0) is 18.9. The van der Waals surface area contributed by atoms with Crippen LogP contribution in [-0.4, -0.2) is 22.6 Å². The summed E-state index contributed by atoms with van der Waals surface area (Å²) in [6, 6.07) is 0. The molecule has 138 valence electrons. The summed E-state index contributed by atoms with van der Waals surface area (Å²) in [5.74, 6) is -0.722. The number of nitrogens with two attached hydrogens (primary N) is 1. The van der Waals surface area contributed by atoms with Gasteiger partial charge in [-0.3, -0.25) is 0 Å². The largest absolute Gasteiger partial charge is 0.462 e. The van der Waals surface area contributed by atoms with Crippen LogP contribution in [0, 0.1) is 5.92 Å². The van der Waals surface area contributed by atoms with Crippen LogP contribution in [0.2, 0.25) is 0 Å². The molecule has 0 unspecified atom stereocenters. The van der Waals surface area contributed by atoms with Gasteiger partial charge in [0, 0.05) is 12.4 Å². The Balaban J connectivity index is 2.49. The van der Waals surface area contributed by atoms with Crippen molar-refractivity contribution in [1.82, 2.24) is 0 Å². The number of carbonyl (C=O) groups excluding carboxylic acids is 1. The van der Waals surface area contributed by atoms with E-state index in [1.165, 1.54) is 23.1 Å². The number of thioether (sulfide) groups is 1. The van der Waals surface area contributed by atoms with E-state index < -0.39 is 9.76 Å². The summed E-state index contributed by atoms with van der Waals surface area (Å²) in [6.45, 7) is 5.87. The van der Waals surface area contributed by atoms with E-state index in [4.69, 9.17) is 45.3 Å². The smallest absolute Gasteiger partial charge is 0.350 e. The molecule has 0 aliphatic carbocycles. The maximum absolute atomic E-state index is 12.1. The molecule has 1 aliphatic rings. The number of carbonyl (C=O) groups is 1. The number of nitrogen functional groups attached to an aromatic ring is 1. The Bertz CT molecular complexity index is 718. The number of allylic oxidation sites excluding steroid dienone is 2. The van der Waals surface area contributed by atoms with E-state index >= 15 is 0 Å². The molecule has 0 amide bonds. The Labute approximate surface area is 170 Å². The fourth-order valence-corrected chi connectivity index (χ4v) is 5.65. The first-order valence-electron chi connectivity index (χ1n) is 7.46. The lowest BCUT2D eigenvalue weighted by Crippen LogP contribution is -2.28. The van der Waals surface area contributed by atoms with Crippen LogP contribution >= 0.6 is 57.9 Å². The van der Waals surface area contributed by atoms with Gasteiger partial charge in [0.05, 0.1) is 28.1 Å². The third-order valence-corrected chi connectivity index (χ3v) is 6.65. The standard InChI is InChI=1S/C16H19Cl3N2O2S2/c1-5-23-14(22)13-11(20)12(15(24-4)25-13)21-6-8(2)10(9(3)7-21)16(17,18)19/h6-7,10H,5,20H2,1-4H3. The Hall–Kier alpha value is -0.530. The molecule has 0 saturated heterocycles. The van der Waals surface area contributed by atoms with Gasteiger partial charge in [0.2, 0.25) is 3.79 Å². The summed E-state index contributed by atoms with van der Waals surface area (Å²) in [4.78, 5) is 14.4. The van der Waals surface area contributed by atoms with Crippen LogP contribution in [0.25, 0.3) is 0 Å². The number of nitrogens with zero attached hydrogens (tertiary/aromatic N) is 1. The summed E-state index contributed by atoms with van der Waals surface area (Å²) in [6.07, 6.45) is 5.70. The first-order chi connectivity index (χ1) is 11.6. The van der Waals surface area contributed by atoms with Crippen molar-refractivity contribution in [3.63, 3.8) is 0 Å². The minimum Gasteiger partial charge on any atom is -0.462 e. The van der Waals surface area contributed by atoms with Gasteiger partial charge in [-0.1, -0.05) is 34.8 Å². The number of rotatable bonds is 4. The van der Waals surface area contributed by atoms with Gasteiger partial charge < -0.3 is 15.4 Å². The molecule has 2 heterocycles. The predicted molar refractivity (Wildman–Crippen MR) is 110 cm³/mol. The van der Waals surface area contributed by atoms with Gasteiger partial charge in [-0.2, -0.15) is 0 Å². The molecule has 0 bridgehead atoms. The van der Waals surface area contributed by atoms with Crippen molar-refractivity contribution in [3.05, 3.63) is 28.4 Å². The van der Waals surface area contributed by atoms with Crippen molar-refractivity contribution >= 4 is 75.2 Å². The second-order valence-electron chi connectivity index (χ2n) is 5.53. The molecule has 0 spiro atoms. The second kappa shape index (κ2) is 8.01. The minimum absolute atomic E-state index is 0.298. The first-order valence-corrected chi connectivity index (χ1v) is 10.6. The monoisotopic (exact) mass is 440 g/mol. The number of hydrogen-bond donors (Lipinski definition) is 1. The highest BCUT2D eigenvalue weighted by molar-refractivity contribution is 8.00. The Kier molecular flexibility index (Phi) is 6.65. The summed E-state index contributed by atoms with van der Waals surface area (Å²) in [5.41, 5.74) is 9.22. The van der Waals surface area contributed by atoms with E-state index in [1.807, 2.05) is 37.4 Å². The Morgan fingerprint density at radius 3 is 2.36 bits per heavy atom. The Morgan fingerprint density at radius 2 is 1.92 bits per heavy atom. The van der Waals surface area contributed by atoms with Crippen LogP contribution in [0.5, 0.6) is 0 Å². The van der Waals surface area contributed by atoms with Gasteiger partial charge in [0.1, 0.15) is 4.88 Å². The predicted octanol–water partition coefficient (Wildman–Crippen LogP) is 5.84. The van der Waals surface area contributed by atoms with E-state index in [0.717, 1.165) is 21.0 Å². The molecule has 0 atom stereocenters. The highest BCUT2D eigenvalue weighted by atomic mass is 35.6. The molecule has 2 rings (SSSR count). The van der Waals surface area contributed by atoms with Gasteiger partial charge in [-0.05, 0) is 38.2 Å². The lowest BCUT2D eigenvalue weighted by atomic mass is 9.93. The molecular formula is C16H19Cl3N2O2S2. The number of anilines is 2. The maximum atomic E-state index is 12.1. The van der Waals surface area contributed by atoms with Crippen LogP contribution in [0.15, 0.2) is 27.8 Å². The van der Waals surface area contributed by atoms with E-state index in [2.05, 4.69) is 0 Å². The van der Waals surface area contributed by atoms with Gasteiger partial charge in [-0.15, -0.1) is 23.1 Å². The van der Waals surface area contributed by atoms with Crippen LogP contribution < -0.4 is 10.6 Å². The number of halogens is 3. The average molecular weight is 442 g/mol. The van der Waals surface area contributed by atoms with Crippen LogP contribution in [0.4, 0.5) is 11.4 Å². The SMILES string of the molecule is CCOC(=O)c1sc(SC)c(N2C=C(C)C(C(Cl)(Cl)Cl)C(C)=C2)c1N. The number of esters is 1. The molecule has 2 N–H and O–H groups in total. The van der Waals surface area contributed by atoms with Crippen molar-refractivity contribution in [3.8, 4) is 0 Å². The van der Waals surface area contributed by atoms with E-state index in [9.17, 15) is 4.79 Å². The molecular weight excluding hydrogens is 423 g/mol. The van der Waals surface area contributed by atoms with Crippen molar-refractivity contribution in [1.29, 1.82) is 0 Å². The molecule has 0 saturated carbocycles. The normalized spacial score (nSPS) is 15.9. The molecule has 0 aromatic carbocycles. The molecule has 1 aromatic rings. The Morgan fingerprint density at radius 1 is 1.36 bits per heavy atom. The lowest BCUT2D eigenvalue weighted by molar-refractivity contribution is 0.0533. The fraction of sp³-hybridized carbons (Fsp3) is 0.438. The molecule has 25 heavy (non-hydrogen) atoms. The van der Waals surface area contributed by atoms with Crippen LogP contribution in [0.1, 0.15) is 30.4 Å². The molecule has 9 heteroatoms. The first kappa shape index (κ1) is 20.8. The summed E-state index contributed by atoms with van der Waals surface area (Å²) < 4.78 is 4.59. The van der Waals surface area contributed by atoms with Crippen LogP contribution in [0.3, 0.4) is 0 Å². The second-order valence-corrected chi connectivity index (χ2v) is 10.00. The molecule has 0 fully saturated rings. The van der Waals surface area contributed by atoms with Gasteiger partial charge >= 0.3 is 5.97 Å². The summed E-state index contributed by atoms with van der Waals surface area (Å²) >= 11 is 21.2. The highest BCUT2D eigenvalue weighted by Gasteiger charge is 2.38. The van der Waals surface area contributed by atoms with Gasteiger partial charge in [0.15, 0.2) is 0 Å². The summed E-state index contributed by atoms with van der Waals surface area (Å²) in [7, 11) is 0. The van der Waals surface area contributed by atoms with Gasteiger partial charge in [-0.25, -0.2) is 4.79 Å². The highest BCUT2D eigenvalue weighted by Crippen LogP contribution is 2.49. The molecule has 4 nitrogen and oxygen atoms in total. The maximum Gasteiger partial charge on any atom is 0.350 e. The van der Waals surface area contributed by atoms with E-state index in [-0.39, 0.29) is 5.92 Å². The topological polar surface area (TPSA) is 55.6 Å². The van der Waals surface area contributed by atoms with Crippen molar-refractivity contribution in [2.75, 3.05) is 23.5 Å². The van der Waals surface area contributed by atoms with Crippen molar-refractivity contribution in [2.45, 2.75) is 28.8 Å². The zero-order valence-electron chi connectivity index (χ0n) is 14.2. The van der Waals surface area contributed by atoms with E-state index in [0.29, 0.717) is 17.2 Å². The molecule has 1 aliphatic heterocycles. The molecule has 0 radical (unpaired) electrons. The third-order valence-electron chi connectivity index (χ3n) is 3.72. The lowest BCUT2D eigenvalue weighted by Gasteiger charge is -2.33. The van der Waals surface area contributed by atoms with Crippen LogP contribution in [-0.2, 0) is 4.74 Å². The summed E-state index contributed by atoms with van der Waals surface area (Å²) in [5, 5.41) is 0. The number of hydrogen-bond acceptors (Lipinski definition) is 6. The van der Waals surface area contributed by atoms with Crippen molar-refractivity contribution in [2.24, 2.45) is 5.92 Å². The fourth-order valence-electron chi connectivity index (χ4n) is 2.77.